The van der Waals surface area contributed by atoms with Crippen LogP contribution in [0, 0.1) is 13.8 Å². The van der Waals surface area contributed by atoms with Gasteiger partial charge in [-0.05, 0) is 38.5 Å². The number of nitrogens with zero attached hydrogens (tertiary/aromatic N) is 1. The summed E-state index contributed by atoms with van der Waals surface area (Å²) in [4.78, 5) is 5.50. The summed E-state index contributed by atoms with van der Waals surface area (Å²) < 4.78 is 23.0. The van der Waals surface area contributed by atoms with Crippen molar-refractivity contribution in [3.8, 4) is 0 Å². The van der Waals surface area contributed by atoms with Gasteiger partial charge in [0.2, 0.25) is 10.0 Å². The highest BCUT2D eigenvalue weighted by Crippen LogP contribution is 2.28. The average Bonchev–Trinajstić information content (AvgIpc) is 2.76. The monoisotopic (exact) mass is 311 g/mol. The molecule has 0 saturated carbocycles. The first-order valence-electron chi connectivity index (χ1n) is 6.09. The molecule has 0 aliphatic carbocycles. The van der Waals surface area contributed by atoms with Gasteiger partial charge in [-0.3, -0.25) is 0 Å². The SMILES string of the molecule is Cc1ncsc1C(C)Nc1cccc(S(N)(=O)=O)c1C. The van der Waals surface area contributed by atoms with E-state index in [9.17, 15) is 8.42 Å². The second kappa shape index (κ2) is 5.51. The van der Waals surface area contributed by atoms with Crippen LogP contribution in [0.3, 0.4) is 0 Å². The molecule has 3 N–H and O–H groups in total. The van der Waals surface area contributed by atoms with E-state index in [-0.39, 0.29) is 10.9 Å². The summed E-state index contributed by atoms with van der Waals surface area (Å²) in [5.74, 6) is 0. The van der Waals surface area contributed by atoms with Gasteiger partial charge in [0, 0.05) is 10.6 Å². The number of nitrogens with two attached hydrogens (primary N) is 1. The fourth-order valence-electron chi connectivity index (χ4n) is 2.10. The first-order valence-corrected chi connectivity index (χ1v) is 8.52. The van der Waals surface area contributed by atoms with E-state index in [1.807, 2.05) is 19.9 Å². The first kappa shape index (κ1) is 15.0. The Morgan fingerprint density at radius 3 is 2.60 bits per heavy atom. The van der Waals surface area contributed by atoms with Crippen molar-refractivity contribution < 1.29 is 8.42 Å². The molecule has 0 bridgehead atoms. The molecule has 0 radical (unpaired) electrons. The number of anilines is 1. The highest BCUT2D eigenvalue weighted by Gasteiger charge is 2.16. The lowest BCUT2D eigenvalue weighted by Gasteiger charge is -2.17. The van der Waals surface area contributed by atoms with E-state index in [4.69, 9.17) is 5.14 Å². The Morgan fingerprint density at radius 2 is 2.05 bits per heavy atom. The number of hydrogen-bond donors (Lipinski definition) is 2. The van der Waals surface area contributed by atoms with Crippen LogP contribution in [0.2, 0.25) is 0 Å². The van der Waals surface area contributed by atoms with Gasteiger partial charge in [0.05, 0.1) is 22.1 Å². The molecule has 0 aliphatic rings. The lowest BCUT2D eigenvalue weighted by molar-refractivity contribution is 0.597. The normalized spacial score (nSPS) is 13.2. The van der Waals surface area contributed by atoms with Gasteiger partial charge in [0.25, 0.3) is 0 Å². The third-order valence-corrected chi connectivity index (χ3v) is 5.31. The minimum atomic E-state index is -3.70. The molecular weight excluding hydrogens is 294 g/mol. The van der Waals surface area contributed by atoms with Crippen molar-refractivity contribution >= 4 is 27.0 Å². The van der Waals surface area contributed by atoms with Gasteiger partial charge < -0.3 is 5.32 Å². The van der Waals surface area contributed by atoms with Crippen LogP contribution in [0.25, 0.3) is 0 Å². The molecular formula is C13H17N3O2S2. The molecule has 1 aromatic heterocycles. The fourth-order valence-corrected chi connectivity index (χ4v) is 3.72. The molecule has 2 aromatic rings. The zero-order valence-corrected chi connectivity index (χ0v) is 13.2. The Hall–Kier alpha value is -1.44. The standard InChI is InChI=1S/C13H17N3O2S2/c1-8-11(5-4-6-12(8)20(14,17)18)16-10(3)13-9(2)15-7-19-13/h4-7,10,16H,1-3H3,(H2,14,17,18). The van der Waals surface area contributed by atoms with Crippen LogP contribution in [-0.2, 0) is 10.0 Å². The second-order valence-electron chi connectivity index (χ2n) is 4.64. The first-order chi connectivity index (χ1) is 9.30. The smallest absolute Gasteiger partial charge is 0.238 e. The molecule has 1 aromatic carbocycles. The molecule has 7 heteroatoms. The van der Waals surface area contributed by atoms with E-state index < -0.39 is 10.0 Å². The largest absolute Gasteiger partial charge is 0.377 e. The number of nitrogens with one attached hydrogen (secondary N) is 1. The highest BCUT2D eigenvalue weighted by molar-refractivity contribution is 7.89. The maximum atomic E-state index is 11.5. The van der Waals surface area contributed by atoms with Gasteiger partial charge in [-0.2, -0.15) is 0 Å². The summed E-state index contributed by atoms with van der Waals surface area (Å²) in [5, 5.41) is 8.53. The number of aryl methyl sites for hydroxylation is 1. The van der Waals surface area contributed by atoms with Gasteiger partial charge >= 0.3 is 0 Å². The summed E-state index contributed by atoms with van der Waals surface area (Å²) in [6.07, 6.45) is 0. The van der Waals surface area contributed by atoms with Crippen LogP contribution >= 0.6 is 11.3 Å². The molecule has 0 aliphatic heterocycles. The second-order valence-corrected chi connectivity index (χ2v) is 7.06. The van der Waals surface area contributed by atoms with Crippen LogP contribution < -0.4 is 10.5 Å². The predicted octanol–water partition coefficient (Wildman–Crippen LogP) is 2.58. The number of rotatable bonds is 4. The van der Waals surface area contributed by atoms with E-state index in [1.165, 1.54) is 6.07 Å². The Bertz CT molecular complexity index is 723. The molecule has 0 amide bonds. The maximum absolute atomic E-state index is 11.5. The minimum Gasteiger partial charge on any atom is -0.377 e. The van der Waals surface area contributed by atoms with E-state index >= 15 is 0 Å². The van der Waals surface area contributed by atoms with Crippen molar-refractivity contribution in [2.24, 2.45) is 5.14 Å². The summed E-state index contributed by atoms with van der Waals surface area (Å²) in [6, 6.07) is 5.09. The highest BCUT2D eigenvalue weighted by atomic mass is 32.2. The molecule has 0 spiro atoms. The van der Waals surface area contributed by atoms with Crippen LogP contribution in [0.15, 0.2) is 28.6 Å². The average molecular weight is 311 g/mol. The molecule has 20 heavy (non-hydrogen) atoms. The van der Waals surface area contributed by atoms with Gasteiger partial charge in [-0.15, -0.1) is 11.3 Å². The Kier molecular flexibility index (Phi) is 4.12. The van der Waals surface area contributed by atoms with Crippen LogP contribution in [-0.4, -0.2) is 13.4 Å². The predicted molar refractivity (Wildman–Crippen MR) is 81.4 cm³/mol. The number of hydrogen-bond acceptors (Lipinski definition) is 5. The number of benzene rings is 1. The quantitative estimate of drug-likeness (QED) is 0.909. The topological polar surface area (TPSA) is 85.1 Å². The lowest BCUT2D eigenvalue weighted by Crippen LogP contribution is -2.15. The molecule has 1 unspecified atom stereocenters. The van der Waals surface area contributed by atoms with Gasteiger partial charge in [0.15, 0.2) is 0 Å². The number of aromatic nitrogens is 1. The fraction of sp³-hybridized carbons (Fsp3) is 0.308. The summed E-state index contributed by atoms with van der Waals surface area (Å²) in [7, 11) is -3.70. The van der Waals surface area contributed by atoms with Gasteiger partial charge in [-0.1, -0.05) is 6.07 Å². The van der Waals surface area contributed by atoms with Gasteiger partial charge in [-0.25, -0.2) is 18.5 Å². The molecule has 1 atom stereocenters. The van der Waals surface area contributed by atoms with E-state index in [0.717, 1.165) is 16.3 Å². The molecule has 108 valence electrons. The van der Waals surface area contributed by atoms with Gasteiger partial charge in [0.1, 0.15) is 0 Å². The van der Waals surface area contributed by atoms with E-state index in [2.05, 4.69) is 10.3 Å². The third-order valence-electron chi connectivity index (χ3n) is 3.14. The Labute approximate surface area is 122 Å². The maximum Gasteiger partial charge on any atom is 0.238 e. The van der Waals surface area contributed by atoms with Crippen molar-refractivity contribution in [2.75, 3.05) is 5.32 Å². The molecule has 0 saturated heterocycles. The summed E-state index contributed by atoms with van der Waals surface area (Å²) in [5.41, 5.74) is 4.17. The number of thiazole rings is 1. The minimum absolute atomic E-state index is 0.0527. The molecule has 2 rings (SSSR count). The molecule has 0 fully saturated rings. The lowest BCUT2D eigenvalue weighted by atomic mass is 10.1. The van der Waals surface area contributed by atoms with Crippen LogP contribution in [0.4, 0.5) is 5.69 Å². The van der Waals surface area contributed by atoms with Crippen molar-refractivity contribution in [1.82, 2.24) is 4.98 Å². The number of sulfonamides is 1. The van der Waals surface area contributed by atoms with Crippen molar-refractivity contribution in [1.29, 1.82) is 0 Å². The summed E-state index contributed by atoms with van der Waals surface area (Å²) >= 11 is 1.58. The zero-order valence-electron chi connectivity index (χ0n) is 11.5. The molecule has 1 heterocycles. The van der Waals surface area contributed by atoms with Crippen molar-refractivity contribution in [3.05, 3.63) is 39.8 Å². The third kappa shape index (κ3) is 3.00. The summed E-state index contributed by atoms with van der Waals surface area (Å²) in [6.45, 7) is 5.72. The zero-order chi connectivity index (χ0) is 14.9. The number of primary sulfonamides is 1. The Morgan fingerprint density at radius 1 is 1.35 bits per heavy atom. The van der Waals surface area contributed by atoms with E-state index in [0.29, 0.717) is 5.56 Å². The van der Waals surface area contributed by atoms with Crippen LogP contribution in [0.5, 0.6) is 0 Å². The Balaban J connectivity index is 2.34. The van der Waals surface area contributed by atoms with E-state index in [1.54, 1.807) is 29.8 Å². The van der Waals surface area contributed by atoms with Crippen molar-refractivity contribution in [3.63, 3.8) is 0 Å². The van der Waals surface area contributed by atoms with Crippen LogP contribution in [0.1, 0.15) is 29.1 Å². The molecule has 5 nitrogen and oxygen atoms in total. The van der Waals surface area contributed by atoms with Crippen molar-refractivity contribution in [2.45, 2.75) is 31.7 Å².